The first kappa shape index (κ1) is 25.5. The Balaban J connectivity index is 0.000000623. The highest BCUT2D eigenvalue weighted by atomic mass is 19.4. The van der Waals surface area contributed by atoms with Gasteiger partial charge in [-0.25, -0.2) is 4.98 Å². The molecule has 1 atom stereocenters. The molecule has 0 bridgehead atoms. The molecule has 1 aliphatic rings. The van der Waals surface area contributed by atoms with E-state index in [1.807, 2.05) is 18.3 Å². The molecule has 0 saturated heterocycles. The second-order valence-electron chi connectivity index (χ2n) is 7.60. The zero-order valence-electron chi connectivity index (χ0n) is 19.3. The monoisotopic (exact) mass is 490 g/mol. The van der Waals surface area contributed by atoms with Crippen LogP contribution in [0.15, 0.2) is 41.8 Å². The Labute approximate surface area is 199 Å². The minimum atomic E-state index is -4.55. The summed E-state index contributed by atoms with van der Waals surface area (Å²) in [5.74, 6) is -1.30. The molecule has 0 radical (unpaired) electrons. The van der Waals surface area contributed by atoms with Gasteiger partial charge in [-0.05, 0) is 31.5 Å². The number of carbonyl (C=O) groups is 2. The number of aromatic amines is 1. The van der Waals surface area contributed by atoms with Crippen LogP contribution in [-0.2, 0) is 11.3 Å². The van der Waals surface area contributed by atoms with Gasteiger partial charge in [0.25, 0.3) is 5.91 Å². The smallest absolute Gasteiger partial charge is 0.354 e. The number of rotatable bonds is 6. The largest absolute Gasteiger partial charge is 0.408 e. The van der Waals surface area contributed by atoms with Crippen LogP contribution in [0.3, 0.4) is 0 Å². The Hall–Kier alpha value is -4.16. The first-order chi connectivity index (χ1) is 16.6. The summed E-state index contributed by atoms with van der Waals surface area (Å²) in [6, 6.07) is 5.03. The van der Waals surface area contributed by atoms with Gasteiger partial charge in [-0.1, -0.05) is 12.1 Å². The fourth-order valence-corrected chi connectivity index (χ4v) is 3.38. The Morgan fingerprint density at radius 2 is 2.11 bits per heavy atom. The van der Waals surface area contributed by atoms with E-state index in [0.29, 0.717) is 28.1 Å². The van der Waals surface area contributed by atoms with Crippen LogP contribution in [0, 0.1) is 0 Å². The quantitative estimate of drug-likeness (QED) is 0.311. The molecule has 3 heterocycles. The molecule has 2 aromatic heterocycles. The van der Waals surface area contributed by atoms with Crippen molar-refractivity contribution in [1.29, 1.82) is 0 Å². The number of halogens is 3. The molecular formula is C22H25F3N8O2. The molecule has 13 heteroatoms. The number of H-pyrrole nitrogens is 1. The normalized spacial score (nSPS) is 13.9. The van der Waals surface area contributed by atoms with Crippen molar-refractivity contribution in [2.24, 2.45) is 5.10 Å². The number of fused-ring (bicyclic) bond motifs is 2. The van der Waals surface area contributed by atoms with Gasteiger partial charge in [0, 0.05) is 25.2 Å². The number of pyridine rings is 1. The van der Waals surface area contributed by atoms with Crippen LogP contribution in [0.5, 0.6) is 0 Å². The third-order valence-corrected chi connectivity index (χ3v) is 5.04. The minimum absolute atomic E-state index is 0.135. The molecule has 0 saturated carbocycles. The van der Waals surface area contributed by atoms with Crippen molar-refractivity contribution in [3.8, 4) is 0 Å². The lowest BCUT2D eigenvalue weighted by Crippen LogP contribution is -2.47. The fourth-order valence-electron chi connectivity index (χ4n) is 3.38. The van der Waals surface area contributed by atoms with Crippen LogP contribution in [-0.4, -0.2) is 63.9 Å². The van der Waals surface area contributed by atoms with Gasteiger partial charge < -0.3 is 21.0 Å². The summed E-state index contributed by atoms with van der Waals surface area (Å²) >= 11 is 0. The molecule has 1 aromatic carbocycles. The number of hydrogen-bond acceptors (Lipinski definition) is 7. The summed E-state index contributed by atoms with van der Waals surface area (Å²) in [4.78, 5) is 30.3. The topological polar surface area (TPSA) is 127 Å². The van der Waals surface area contributed by atoms with Crippen molar-refractivity contribution in [1.82, 2.24) is 30.8 Å². The molecule has 1 unspecified atom stereocenters. The van der Waals surface area contributed by atoms with Crippen molar-refractivity contribution in [3.63, 3.8) is 0 Å². The fraction of sp³-hybridized carbons (Fsp3) is 0.318. The van der Waals surface area contributed by atoms with Crippen LogP contribution < -0.4 is 16.1 Å². The minimum Gasteiger partial charge on any atom is -0.354 e. The number of benzene rings is 1. The zero-order chi connectivity index (χ0) is 25.6. The molecule has 4 rings (SSSR count). The molecule has 1 aliphatic heterocycles. The van der Waals surface area contributed by atoms with Gasteiger partial charge >= 0.3 is 6.18 Å². The van der Waals surface area contributed by atoms with E-state index in [-0.39, 0.29) is 6.54 Å². The zero-order valence-corrected chi connectivity index (χ0v) is 19.3. The summed E-state index contributed by atoms with van der Waals surface area (Å²) in [6.45, 7) is 2.38. The molecule has 4 N–H and O–H groups in total. The van der Waals surface area contributed by atoms with Crippen molar-refractivity contribution in [2.45, 2.75) is 32.6 Å². The third kappa shape index (κ3) is 6.25. The highest BCUT2D eigenvalue weighted by Gasteiger charge is 2.38. The second kappa shape index (κ2) is 10.8. The standard InChI is InChI=1S/C19H17F3N6O2.C3H8N2/c1-10(19(20,21)22)25-15(29)9-28-8-11-3-2-4-14(16(11)18(28)30)26-13-5-12-6-24-27-17(12)23-7-13;1-3-5-4-2/h2-7,10,26H,8-9H2,1H3,(H,25,29)(H,23,24,27);3-4H,1-2H3/b;5-3-. The summed E-state index contributed by atoms with van der Waals surface area (Å²) < 4.78 is 37.9. The molecule has 0 aliphatic carbocycles. The van der Waals surface area contributed by atoms with Crippen molar-refractivity contribution in [2.75, 3.05) is 18.9 Å². The van der Waals surface area contributed by atoms with E-state index >= 15 is 0 Å². The van der Waals surface area contributed by atoms with Gasteiger partial charge in [-0.2, -0.15) is 23.4 Å². The average Bonchev–Trinajstić information content (AvgIpc) is 3.38. The number of alkyl halides is 3. The van der Waals surface area contributed by atoms with Crippen molar-refractivity contribution in [3.05, 3.63) is 47.8 Å². The van der Waals surface area contributed by atoms with Gasteiger partial charge in [-0.3, -0.25) is 14.7 Å². The highest BCUT2D eigenvalue weighted by Crippen LogP contribution is 2.31. The van der Waals surface area contributed by atoms with E-state index < -0.39 is 30.6 Å². The van der Waals surface area contributed by atoms with Gasteiger partial charge in [-0.15, -0.1) is 0 Å². The third-order valence-electron chi connectivity index (χ3n) is 5.04. The SMILES string of the molecule is C/C=N\NC.CC(NC(=O)CN1Cc2cccc(Nc3cnc4[nH]ncc4c3)c2C1=O)C(F)(F)F. The molecule has 186 valence electrons. The van der Waals surface area contributed by atoms with Gasteiger partial charge in [0.05, 0.1) is 29.3 Å². The van der Waals surface area contributed by atoms with E-state index in [1.165, 1.54) is 4.90 Å². The molecule has 0 spiro atoms. The van der Waals surface area contributed by atoms with Crippen LogP contribution >= 0.6 is 0 Å². The van der Waals surface area contributed by atoms with Gasteiger partial charge in [0.1, 0.15) is 12.6 Å². The Kier molecular flexibility index (Phi) is 7.89. The van der Waals surface area contributed by atoms with Crippen LogP contribution in [0.2, 0.25) is 0 Å². The summed E-state index contributed by atoms with van der Waals surface area (Å²) in [7, 11) is 1.76. The predicted octanol–water partition coefficient (Wildman–Crippen LogP) is 2.94. The first-order valence-electron chi connectivity index (χ1n) is 10.6. The highest BCUT2D eigenvalue weighted by molar-refractivity contribution is 6.05. The van der Waals surface area contributed by atoms with E-state index in [9.17, 15) is 22.8 Å². The number of amides is 2. The summed E-state index contributed by atoms with van der Waals surface area (Å²) in [5.41, 5.74) is 5.43. The predicted molar refractivity (Wildman–Crippen MR) is 125 cm³/mol. The maximum absolute atomic E-state index is 12.9. The lowest BCUT2D eigenvalue weighted by atomic mass is 10.1. The molecule has 35 heavy (non-hydrogen) atoms. The maximum atomic E-state index is 12.9. The van der Waals surface area contributed by atoms with E-state index in [1.54, 1.807) is 43.9 Å². The Bertz CT molecular complexity index is 1220. The van der Waals surface area contributed by atoms with E-state index in [2.05, 4.69) is 31.0 Å². The number of hydrogen-bond donors (Lipinski definition) is 4. The number of carbonyl (C=O) groups excluding carboxylic acids is 2. The molecule has 0 fully saturated rings. The number of hydrazone groups is 1. The van der Waals surface area contributed by atoms with Crippen molar-refractivity contribution < 1.29 is 22.8 Å². The van der Waals surface area contributed by atoms with Crippen LogP contribution in [0.4, 0.5) is 24.5 Å². The van der Waals surface area contributed by atoms with E-state index in [0.717, 1.165) is 12.3 Å². The Morgan fingerprint density at radius 1 is 1.34 bits per heavy atom. The average molecular weight is 490 g/mol. The lowest BCUT2D eigenvalue weighted by molar-refractivity contribution is -0.158. The lowest BCUT2D eigenvalue weighted by Gasteiger charge is -2.20. The molecular weight excluding hydrogens is 465 g/mol. The summed E-state index contributed by atoms with van der Waals surface area (Å²) in [6.07, 6.45) is 0.355. The van der Waals surface area contributed by atoms with E-state index in [4.69, 9.17) is 0 Å². The Morgan fingerprint density at radius 3 is 2.77 bits per heavy atom. The molecule has 2 amide bonds. The number of nitrogens with one attached hydrogen (secondary N) is 4. The number of anilines is 2. The van der Waals surface area contributed by atoms with Crippen molar-refractivity contribution >= 4 is 40.4 Å². The number of nitrogens with zero attached hydrogens (tertiary/aromatic N) is 4. The van der Waals surface area contributed by atoms with Gasteiger partial charge in [0.2, 0.25) is 5.91 Å². The summed E-state index contributed by atoms with van der Waals surface area (Å²) in [5, 5.41) is 16.1. The maximum Gasteiger partial charge on any atom is 0.408 e. The first-order valence-corrected chi connectivity index (χ1v) is 10.6. The second-order valence-corrected chi connectivity index (χ2v) is 7.60. The van der Waals surface area contributed by atoms with Gasteiger partial charge in [0.15, 0.2) is 5.65 Å². The molecule has 10 nitrogen and oxygen atoms in total. The molecule has 3 aromatic rings. The van der Waals surface area contributed by atoms with Crippen LogP contribution in [0.1, 0.15) is 29.8 Å². The number of aromatic nitrogens is 3. The van der Waals surface area contributed by atoms with Crippen LogP contribution in [0.25, 0.3) is 11.0 Å².